The molecule has 1 nitrogen and oxygen atoms in total. The maximum absolute atomic E-state index is 11.3. The van der Waals surface area contributed by atoms with Crippen LogP contribution in [0.4, 0.5) is 0 Å². The summed E-state index contributed by atoms with van der Waals surface area (Å²) in [5, 5.41) is 0. The highest BCUT2D eigenvalue weighted by Crippen LogP contribution is 2.50. The number of hydrogen-bond acceptors (Lipinski definition) is 1. The molecule has 1 heteroatoms. The number of Topliss-reactive ketones (excluding diaryl/α,β-unsaturated/α-hetero) is 1. The normalized spacial score (nSPS) is 38.9. The van der Waals surface area contributed by atoms with Crippen LogP contribution in [0.2, 0.25) is 0 Å². The van der Waals surface area contributed by atoms with E-state index in [4.69, 9.17) is 0 Å². The zero-order chi connectivity index (χ0) is 8.55. The van der Waals surface area contributed by atoms with Crippen LogP contribution >= 0.6 is 0 Å². The van der Waals surface area contributed by atoms with Gasteiger partial charge in [-0.05, 0) is 43.4 Å². The third-order valence-corrected chi connectivity index (χ3v) is 3.89. The van der Waals surface area contributed by atoms with E-state index in [1.807, 2.05) is 6.92 Å². The predicted molar refractivity (Wildman–Crippen MR) is 48.9 cm³/mol. The maximum Gasteiger partial charge on any atom is 0.132 e. The fraction of sp³-hybridized carbons (Fsp3) is 0.909. The Bertz CT molecular complexity index is 165. The van der Waals surface area contributed by atoms with Gasteiger partial charge in [0.2, 0.25) is 0 Å². The van der Waals surface area contributed by atoms with Gasteiger partial charge in [-0.15, -0.1) is 0 Å². The van der Waals surface area contributed by atoms with Crippen LogP contribution in [0.3, 0.4) is 0 Å². The van der Waals surface area contributed by atoms with Crippen LogP contribution in [0.15, 0.2) is 0 Å². The lowest BCUT2D eigenvalue weighted by Crippen LogP contribution is -2.11. The second-order valence-corrected chi connectivity index (χ2v) is 4.44. The molecule has 2 bridgehead atoms. The maximum atomic E-state index is 11.3. The third kappa shape index (κ3) is 1.30. The molecule has 0 N–H and O–H groups in total. The third-order valence-electron chi connectivity index (χ3n) is 3.89. The summed E-state index contributed by atoms with van der Waals surface area (Å²) < 4.78 is 0. The molecule has 0 aromatic rings. The number of hydrogen-bond donors (Lipinski definition) is 0. The highest BCUT2D eigenvalue weighted by Gasteiger charge is 2.41. The Morgan fingerprint density at radius 2 is 1.67 bits per heavy atom. The molecule has 2 saturated carbocycles. The monoisotopic (exact) mass is 166 g/mol. The van der Waals surface area contributed by atoms with E-state index in [2.05, 4.69) is 0 Å². The second-order valence-electron chi connectivity index (χ2n) is 4.44. The summed E-state index contributed by atoms with van der Waals surface area (Å²) in [5.41, 5.74) is 0. The van der Waals surface area contributed by atoms with Gasteiger partial charge in [0.15, 0.2) is 0 Å². The van der Waals surface area contributed by atoms with Gasteiger partial charge in [0.1, 0.15) is 5.78 Å². The topological polar surface area (TPSA) is 17.1 Å². The Balaban J connectivity index is 1.92. The summed E-state index contributed by atoms with van der Waals surface area (Å²) in [4.78, 5) is 11.3. The van der Waals surface area contributed by atoms with Gasteiger partial charge in [-0.25, -0.2) is 0 Å². The van der Waals surface area contributed by atoms with Crippen molar-refractivity contribution >= 4 is 5.78 Å². The van der Waals surface area contributed by atoms with E-state index < -0.39 is 0 Å². The van der Waals surface area contributed by atoms with Crippen LogP contribution in [0.25, 0.3) is 0 Å². The molecule has 0 atom stereocenters. The van der Waals surface area contributed by atoms with Gasteiger partial charge in [0.05, 0.1) is 0 Å². The summed E-state index contributed by atoms with van der Waals surface area (Å²) in [6, 6.07) is 0. The first kappa shape index (κ1) is 8.28. The van der Waals surface area contributed by atoms with Crippen LogP contribution in [0.5, 0.6) is 0 Å². The second kappa shape index (κ2) is 3.20. The smallest absolute Gasteiger partial charge is 0.132 e. The Labute approximate surface area is 74.5 Å². The minimum absolute atomic E-state index is 0.485. The van der Waals surface area contributed by atoms with E-state index in [1.54, 1.807) is 0 Å². The number of fused-ring (bicyclic) bond motifs is 2. The number of carbonyl (C=O) groups is 1. The van der Waals surface area contributed by atoms with Crippen molar-refractivity contribution in [2.45, 2.75) is 45.4 Å². The zero-order valence-electron chi connectivity index (χ0n) is 7.88. The van der Waals surface area contributed by atoms with Gasteiger partial charge in [0, 0.05) is 12.8 Å². The molecule has 12 heavy (non-hydrogen) atoms. The van der Waals surface area contributed by atoms with Crippen LogP contribution in [-0.2, 0) is 4.79 Å². The summed E-state index contributed by atoms with van der Waals surface area (Å²) in [6.45, 7) is 1.99. The van der Waals surface area contributed by atoms with Crippen molar-refractivity contribution in [1.82, 2.24) is 0 Å². The van der Waals surface area contributed by atoms with Crippen molar-refractivity contribution in [2.24, 2.45) is 17.8 Å². The van der Waals surface area contributed by atoms with Crippen molar-refractivity contribution in [3.8, 4) is 0 Å². The molecular formula is C11H18O. The van der Waals surface area contributed by atoms with Crippen LogP contribution in [0.1, 0.15) is 45.4 Å². The lowest BCUT2D eigenvalue weighted by Gasteiger charge is -2.13. The molecule has 0 radical (unpaired) electrons. The minimum Gasteiger partial charge on any atom is -0.300 e. The molecule has 68 valence electrons. The lowest BCUT2D eigenvalue weighted by molar-refractivity contribution is -0.120. The molecule has 0 saturated heterocycles. The van der Waals surface area contributed by atoms with Crippen molar-refractivity contribution in [2.75, 3.05) is 0 Å². The zero-order valence-corrected chi connectivity index (χ0v) is 7.88. The molecule has 2 aliphatic carbocycles. The average Bonchev–Trinajstić information content (AvgIpc) is 2.65. The summed E-state index contributed by atoms with van der Waals surface area (Å²) in [6.07, 6.45) is 7.28. The summed E-state index contributed by atoms with van der Waals surface area (Å²) >= 11 is 0. The Hall–Kier alpha value is -0.330. The lowest BCUT2D eigenvalue weighted by atomic mass is 9.91. The number of rotatable bonds is 3. The average molecular weight is 166 g/mol. The van der Waals surface area contributed by atoms with Crippen LogP contribution in [0, 0.1) is 17.8 Å². The van der Waals surface area contributed by atoms with E-state index in [0.29, 0.717) is 5.78 Å². The summed E-state index contributed by atoms with van der Waals surface area (Å²) in [5.74, 6) is 3.12. The first-order valence-corrected chi connectivity index (χ1v) is 5.33. The molecule has 0 heterocycles. The van der Waals surface area contributed by atoms with Crippen molar-refractivity contribution in [3.05, 3.63) is 0 Å². The molecule has 0 aromatic carbocycles. The largest absolute Gasteiger partial charge is 0.300 e. The van der Waals surface area contributed by atoms with Crippen molar-refractivity contribution in [1.29, 1.82) is 0 Å². The van der Waals surface area contributed by atoms with E-state index in [0.717, 1.165) is 30.6 Å². The molecule has 2 fully saturated rings. The minimum atomic E-state index is 0.485. The standard InChI is InChI=1S/C11H18O/c1-2-10(12)7-11-8-3-4-9(11)6-5-8/h8-9,11H,2-7H2,1H3. The summed E-state index contributed by atoms with van der Waals surface area (Å²) in [7, 11) is 0. The molecule has 0 unspecified atom stereocenters. The molecule has 2 aliphatic rings. The number of carbonyl (C=O) groups excluding carboxylic acids is 1. The van der Waals surface area contributed by atoms with E-state index >= 15 is 0 Å². The van der Waals surface area contributed by atoms with Crippen molar-refractivity contribution in [3.63, 3.8) is 0 Å². The molecule has 0 amide bonds. The van der Waals surface area contributed by atoms with Gasteiger partial charge in [-0.3, -0.25) is 4.79 Å². The molecule has 2 rings (SSSR count). The van der Waals surface area contributed by atoms with Gasteiger partial charge in [0.25, 0.3) is 0 Å². The first-order valence-electron chi connectivity index (χ1n) is 5.33. The van der Waals surface area contributed by atoms with Gasteiger partial charge < -0.3 is 0 Å². The predicted octanol–water partition coefficient (Wildman–Crippen LogP) is 2.79. The van der Waals surface area contributed by atoms with Crippen LogP contribution < -0.4 is 0 Å². The highest BCUT2D eigenvalue weighted by atomic mass is 16.1. The van der Waals surface area contributed by atoms with E-state index in [9.17, 15) is 4.79 Å². The Kier molecular flexibility index (Phi) is 2.20. The molecular weight excluding hydrogens is 148 g/mol. The van der Waals surface area contributed by atoms with Crippen molar-refractivity contribution < 1.29 is 4.79 Å². The Morgan fingerprint density at radius 3 is 2.08 bits per heavy atom. The molecule has 0 spiro atoms. The van der Waals surface area contributed by atoms with Crippen LogP contribution in [-0.4, -0.2) is 5.78 Å². The fourth-order valence-corrected chi connectivity index (χ4v) is 3.13. The van der Waals surface area contributed by atoms with Gasteiger partial charge in [-0.2, -0.15) is 0 Å². The van der Waals surface area contributed by atoms with E-state index in [1.165, 1.54) is 25.7 Å². The van der Waals surface area contributed by atoms with Gasteiger partial charge >= 0.3 is 0 Å². The quantitative estimate of drug-likeness (QED) is 0.630. The first-order chi connectivity index (χ1) is 5.81. The van der Waals surface area contributed by atoms with E-state index in [-0.39, 0.29) is 0 Å². The highest BCUT2D eigenvalue weighted by molar-refractivity contribution is 5.78. The molecule has 0 aromatic heterocycles. The fourth-order valence-electron chi connectivity index (χ4n) is 3.13. The Morgan fingerprint density at radius 1 is 1.17 bits per heavy atom. The SMILES string of the molecule is CCC(=O)CC1C2CCC1CC2. The molecule has 0 aliphatic heterocycles. The van der Waals surface area contributed by atoms with Gasteiger partial charge in [-0.1, -0.05) is 6.92 Å². The number of ketones is 1.